The third kappa shape index (κ3) is 7.56. The van der Waals surface area contributed by atoms with E-state index in [4.69, 9.17) is 0 Å². The zero-order valence-electron chi connectivity index (χ0n) is 13.8. The number of hydrogen-bond acceptors (Lipinski definition) is 2. The van der Waals surface area contributed by atoms with Gasteiger partial charge in [-0.3, -0.25) is 4.79 Å². The third-order valence-electron chi connectivity index (χ3n) is 3.42. The molecule has 0 aliphatic heterocycles. The van der Waals surface area contributed by atoms with Crippen LogP contribution in [0, 0.1) is 5.92 Å². The summed E-state index contributed by atoms with van der Waals surface area (Å²) in [6, 6.07) is 0.380. The minimum atomic E-state index is -0.448. The Morgan fingerprint density at radius 3 is 2.26 bits per heavy atom. The molecular weight excluding hydrogens is 236 g/mol. The molecule has 0 aliphatic carbocycles. The van der Waals surface area contributed by atoms with E-state index in [2.05, 4.69) is 45.3 Å². The van der Waals surface area contributed by atoms with Crippen LogP contribution in [0.5, 0.6) is 0 Å². The second-order valence-electron chi connectivity index (χ2n) is 6.37. The summed E-state index contributed by atoms with van der Waals surface area (Å²) in [4.78, 5) is 12.4. The smallest absolute Gasteiger partial charge is 0.240 e. The van der Waals surface area contributed by atoms with Crippen LogP contribution in [0.25, 0.3) is 0 Å². The van der Waals surface area contributed by atoms with E-state index < -0.39 is 5.54 Å². The van der Waals surface area contributed by atoms with Crippen molar-refractivity contribution in [1.29, 1.82) is 0 Å². The predicted molar refractivity (Wildman–Crippen MR) is 83.3 cm³/mol. The standard InChI is InChI=1S/C16H34N2O/c1-7-9-11-17-15(19)16(6,12-13(3)4)18-14(5)10-8-2/h13-14,18H,7-12H2,1-6H3,(H,17,19). The van der Waals surface area contributed by atoms with Gasteiger partial charge in [-0.1, -0.05) is 40.5 Å². The van der Waals surface area contributed by atoms with E-state index in [0.29, 0.717) is 12.0 Å². The Bertz CT molecular complexity index is 253. The lowest BCUT2D eigenvalue weighted by molar-refractivity contribution is -0.128. The van der Waals surface area contributed by atoms with E-state index in [9.17, 15) is 4.79 Å². The molecule has 2 N–H and O–H groups in total. The minimum absolute atomic E-state index is 0.151. The molecule has 3 heteroatoms. The fourth-order valence-corrected chi connectivity index (χ4v) is 2.66. The highest BCUT2D eigenvalue weighted by atomic mass is 16.2. The van der Waals surface area contributed by atoms with Crippen molar-refractivity contribution in [2.75, 3.05) is 6.54 Å². The molecule has 0 fully saturated rings. The average molecular weight is 270 g/mol. The quantitative estimate of drug-likeness (QED) is 0.597. The molecule has 1 amide bonds. The molecule has 0 rings (SSSR count). The van der Waals surface area contributed by atoms with Crippen LogP contribution >= 0.6 is 0 Å². The Morgan fingerprint density at radius 2 is 1.79 bits per heavy atom. The summed E-state index contributed by atoms with van der Waals surface area (Å²) >= 11 is 0. The average Bonchev–Trinajstić information content (AvgIpc) is 2.28. The number of unbranched alkanes of at least 4 members (excludes halogenated alkanes) is 1. The van der Waals surface area contributed by atoms with Gasteiger partial charge in [0.25, 0.3) is 0 Å². The van der Waals surface area contributed by atoms with Crippen LogP contribution in [0.3, 0.4) is 0 Å². The van der Waals surface area contributed by atoms with Gasteiger partial charge in [0, 0.05) is 12.6 Å². The van der Waals surface area contributed by atoms with E-state index in [0.717, 1.165) is 38.6 Å². The fraction of sp³-hybridized carbons (Fsp3) is 0.938. The number of rotatable bonds is 10. The first-order chi connectivity index (χ1) is 8.85. The molecule has 114 valence electrons. The summed E-state index contributed by atoms with van der Waals surface area (Å²) in [7, 11) is 0. The Hall–Kier alpha value is -0.570. The van der Waals surface area contributed by atoms with Crippen molar-refractivity contribution in [3.05, 3.63) is 0 Å². The molecule has 0 heterocycles. The summed E-state index contributed by atoms with van der Waals surface area (Å²) in [5, 5.41) is 6.62. The molecule has 3 nitrogen and oxygen atoms in total. The highest BCUT2D eigenvalue weighted by molar-refractivity contribution is 5.85. The van der Waals surface area contributed by atoms with Gasteiger partial charge in [0.15, 0.2) is 0 Å². The van der Waals surface area contributed by atoms with Gasteiger partial charge in [0.1, 0.15) is 0 Å². The lowest BCUT2D eigenvalue weighted by Gasteiger charge is -2.34. The number of nitrogens with one attached hydrogen (secondary N) is 2. The topological polar surface area (TPSA) is 41.1 Å². The van der Waals surface area contributed by atoms with Crippen LogP contribution in [0.15, 0.2) is 0 Å². The lowest BCUT2D eigenvalue weighted by Crippen LogP contribution is -2.58. The maximum atomic E-state index is 12.4. The maximum absolute atomic E-state index is 12.4. The van der Waals surface area contributed by atoms with E-state index in [1.54, 1.807) is 0 Å². The molecule has 19 heavy (non-hydrogen) atoms. The summed E-state index contributed by atoms with van der Waals surface area (Å²) in [6.45, 7) is 13.7. The van der Waals surface area contributed by atoms with E-state index in [-0.39, 0.29) is 5.91 Å². The second kappa shape index (κ2) is 9.35. The van der Waals surface area contributed by atoms with E-state index in [1.165, 1.54) is 0 Å². The predicted octanol–water partition coefficient (Wildman–Crippen LogP) is 3.49. The van der Waals surface area contributed by atoms with Crippen molar-refractivity contribution in [3.8, 4) is 0 Å². The molecular formula is C16H34N2O. The number of carbonyl (C=O) groups excluding carboxylic acids is 1. The van der Waals surface area contributed by atoms with Crippen molar-refractivity contribution in [1.82, 2.24) is 10.6 Å². The van der Waals surface area contributed by atoms with Crippen LogP contribution in [-0.2, 0) is 4.79 Å². The van der Waals surface area contributed by atoms with Crippen LogP contribution < -0.4 is 10.6 Å². The Morgan fingerprint density at radius 1 is 1.16 bits per heavy atom. The van der Waals surface area contributed by atoms with Crippen LogP contribution in [0.2, 0.25) is 0 Å². The van der Waals surface area contributed by atoms with Crippen molar-refractivity contribution in [3.63, 3.8) is 0 Å². The fourth-order valence-electron chi connectivity index (χ4n) is 2.66. The van der Waals surface area contributed by atoms with Crippen molar-refractivity contribution >= 4 is 5.91 Å². The third-order valence-corrected chi connectivity index (χ3v) is 3.42. The Kier molecular flexibility index (Phi) is 9.07. The highest BCUT2D eigenvalue weighted by Crippen LogP contribution is 2.18. The lowest BCUT2D eigenvalue weighted by atomic mass is 9.88. The second-order valence-corrected chi connectivity index (χ2v) is 6.37. The van der Waals surface area contributed by atoms with Gasteiger partial charge < -0.3 is 10.6 Å². The van der Waals surface area contributed by atoms with Crippen LogP contribution in [-0.4, -0.2) is 24.0 Å². The van der Waals surface area contributed by atoms with Crippen LogP contribution in [0.1, 0.15) is 73.6 Å². The number of amides is 1. The SMILES string of the molecule is CCCCNC(=O)C(C)(CC(C)C)NC(C)CCC. The first-order valence-corrected chi connectivity index (χ1v) is 7.91. The molecule has 0 saturated heterocycles. The van der Waals surface area contributed by atoms with Gasteiger partial charge in [0.2, 0.25) is 5.91 Å². The van der Waals surface area contributed by atoms with Gasteiger partial charge in [0.05, 0.1) is 5.54 Å². The largest absolute Gasteiger partial charge is 0.355 e. The van der Waals surface area contributed by atoms with Crippen molar-refractivity contribution in [2.45, 2.75) is 85.2 Å². The van der Waals surface area contributed by atoms with E-state index in [1.807, 2.05) is 6.92 Å². The zero-order valence-corrected chi connectivity index (χ0v) is 13.8. The molecule has 0 aliphatic rings. The molecule has 0 saturated carbocycles. The Balaban J connectivity index is 4.60. The van der Waals surface area contributed by atoms with Crippen LogP contribution in [0.4, 0.5) is 0 Å². The van der Waals surface area contributed by atoms with Gasteiger partial charge in [-0.2, -0.15) is 0 Å². The highest BCUT2D eigenvalue weighted by Gasteiger charge is 2.34. The van der Waals surface area contributed by atoms with Gasteiger partial charge in [-0.25, -0.2) is 0 Å². The number of hydrogen-bond donors (Lipinski definition) is 2. The maximum Gasteiger partial charge on any atom is 0.240 e. The van der Waals surface area contributed by atoms with E-state index >= 15 is 0 Å². The zero-order chi connectivity index (χ0) is 14.9. The number of carbonyl (C=O) groups is 1. The molecule has 0 aromatic carbocycles. The van der Waals surface area contributed by atoms with Crippen molar-refractivity contribution < 1.29 is 4.79 Å². The summed E-state index contributed by atoms with van der Waals surface area (Å²) in [5.74, 6) is 0.654. The van der Waals surface area contributed by atoms with Gasteiger partial charge in [-0.05, 0) is 39.0 Å². The van der Waals surface area contributed by atoms with Crippen molar-refractivity contribution in [2.24, 2.45) is 5.92 Å². The first-order valence-electron chi connectivity index (χ1n) is 7.91. The normalized spacial score (nSPS) is 16.2. The molecule has 2 unspecified atom stereocenters. The first kappa shape index (κ1) is 18.4. The Labute approximate surface area is 119 Å². The molecule has 0 radical (unpaired) electrons. The van der Waals surface area contributed by atoms with Gasteiger partial charge >= 0.3 is 0 Å². The summed E-state index contributed by atoms with van der Waals surface area (Å²) in [6.07, 6.45) is 5.28. The summed E-state index contributed by atoms with van der Waals surface area (Å²) < 4.78 is 0. The summed E-state index contributed by atoms with van der Waals surface area (Å²) in [5.41, 5.74) is -0.448. The molecule has 2 atom stereocenters. The molecule has 0 bridgehead atoms. The molecule has 0 spiro atoms. The minimum Gasteiger partial charge on any atom is -0.355 e. The monoisotopic (exact) mass is 270 g/mol. The molecule has 0 aromatic rings. The van der Waals surface area contributed by atoms with Gasteiger partial charge in [-0.15, -0.1) is 0 Å². The molecule has 0 aromatic heterocycles.